The van der Waals surface area contributed by atoms with Gasteiger partial charge in [0, 0.05) is 45.7 Å². The Hall–Kier alpha value is -2.57. The maximum absolute atomic E-state index is 12.0. The minimum Gasteiger partial charge on any atom is -0.370 e. The number of likely N-dealkylation sites (tertiary alicyclic amines) is 1. The Morgan fingerprint density at radius 3 is 2.59 bits per heavy atom. The average molecular weight is 374 g/mol. The van der Waals surface area contributed by atoms with Crippen LogP contribution in [-0.4, -0.2) is 61.3 Å². The van der Waals surface area contributed by atoms with Crippen LogP contribution in [0.4, 0.5) is 0 Å². The number of hydrogen-bond acceptors (Lipinski definition) is 3. The van der Waals surface area contributed by atoms with Crippen LogP contribution >= 0.6 is 0 Å². The van der Waals surface area contributed by atoms with Crippen LogP contribution in [-0.2, 0) is 11.3 Å². The lowest BCUT2D eigenvalue weighted by molar-refractivity contribution is -0.119. The second-order valence-corrected chi connectivity index (χ2v) is 7.19. The molecule has 1 aromatic rings. The Kier molecular flexibility index (Phi) is 7.64. The molecular weight excluding hydrogens is 342 g/mol. The highest BCUT2D eigenvalue weighted by atomic mass is 16.2. The number of nitrogens with zero attached hydrogens (tertiary/aromatic N) is 3. The second kappa shape index (κ2) is 9.94. The molecule has 1 aliphatic heterocycles. The van der Waals surface area contributed by atoms with Crippen LogP contribution < -0.4 is 11.1 Å². The number of carbonyl (C=O) groups is 2. The summed E-state index contributed by atoms with van der Waals surface area (Å²) in [6, 6.07) is 7.56. The van der Waals surface area contributed by atoms with Gasteiger partial charge in [-0.15, -0.1) is 0 Å². The SMILES string of the molecule is CCNC(=NCc1ccc(C(=O)N(C)C)cc1)N1CCCC(CC(N)=O)C1. The van der Waals surface area contributed by atoms with Crippen LogP contribution in [0.15, 0.2) is 29.3 Å². The van der Waals surface area contributed by atoms with E-state index >= 15 is 0 Å². The first-order chi connectivity index (χ1) is 12.9. The number of nitrogens with one attached hydrogen (secondary N) is 1. The molecular formula is C20H31N5O2. The van der Waals surface area contributed by atoms with Gasteiger partial charge < -0.3 is 20.9 Å². The zero-order valence-electron chi connectivity index (χ0n) is 16.6. The standard InChI is InChI=1S/C20H31N5O2/c1-4-22-20(25-11-5-6-16(14-25)12-18(21)26)23-13-15-7-9-17(10-8-15)19(27)24(2)3/h7-10,16H,4-6,11-14H2,1-3H3,(H2,21,26)(H,22,23). The van der Waals surface area contributed by atoms with Crippen molar-refractivity contribution in [2.45, 2.75) is 32.7 Å². The summed E-state index contributed by atoms with van der Waals surface area (Å²) in [6.07, 6.45) is 2.49. The van der Waals surface area contributed by atoms with E-state index in [1.54, 1.807) is 19.0 Å². The minimum atomic E-state index is -0.240. The lowest BCUT2D eigenvalue weighted by Crippen LogP contribution is -2.47. The molecule has 2 rings (SSSR count). The number of amides is 2. The molecule has 0 aromatic heterocycles. The number of rotatable bonds is 6. The molecule has 1 heterocycles. The third-order valence-electron chi connectivity index (χ3n) is 4.66. The van der Waals surface area contributed by atoms with E-state index in [-0.39, 0.29) is 17.7 Å². The maximum atomic E-state index is 12.0. The van der Waals surface area contributed by atoms with Crippen molar-refractivity contribution >= 4 is 17.8 Å². The lowest BCUT2D eigenvalue weighted by atomic mass is 9.95. The molecule has 27 heavy (non-hydrogen) atoms. The lowest BCUT2D eigenvalue weighted by Gasteiger charge is -2.34. The van der Waals surface area contributed by atoms with Gasteiger partial charge in [0.05, 0.1) is 6.54 Å². The smallest absolute Gasteiger partial charge is 0.253 e. The van der Waals surface area contributed by atoms with Crippen LogP contribution in [0.5, 0.6) is 0 Å². The fourth-order valence-electron chi connectivity index (χ4n) is 3.31. The highest BCUT2D eigenvalue weighted by molar-refractivity contribution is 5.93. The Balaban J connectivity index is 2.04. The molecule has 7 nitrogen and oxygen atoms in total. The van der Waals surface area contributed by atoms with Gasteiger partial charge in [-0.3, -0.25) is 9.59 Å². The largest absolute Gasteiger partial charge is 0.370 e. The van der Waals surface area contributed by atoms with Crippen molar-refractivity contribution in [2.24, 2.45) is 16.6 Å². The average Bonchev–Trinajstić information content (AvgIpc) is 2.64. The summed E-state index contributed by atoms with van der Waals surface area (Å²) in [4.78, 5) is 31.7. The first kappa shape index (κ1) is 20.7. The van der Waals surface area contributed by atoms with E-state index in [1.165, 1.54) is 0 Å². The van der Waals surface area contributed by atoms with Crippen molar-refractivity contribution in [1.82, 2.24) is 15.1 Å². The van der Waals surface area contributed by atoms with Crippen molar-refractivity contribution in [3.8, 4) is 0 Å². The fraction of sp³-hybridized carbons (Fsp3) is 0.550. The summed E-state index contributed by atoms with van der Waals surface area (Å²) in [5, 5.41) is 3.34. The zero-order chi connectivity index (χ0) is 19.8. The molecule has 1 saturated heterocycles. The van der Waals surface area contributed by atoms with Gasteiger partial charge in [-0.25, -0.2) is 4.99 Å². The number of piperidine rings is 1. The molecule has 0 radical (unpaired) electrons. The molecule has 1 fully saturated rings. The van der Waals surface area contributed by atoms with Gasteiger partial charge in [0.25, 0.3) is 5.91 Å². The van der Waals surface area contributed by atoms with E-state index in [2.05, 4.69) is 10.2 Å². The fourth-order valence-corrected chi connectivity index (χ4v) is 3.31. The van der Waals surface area contributed by atoms with E-state index in [1.807, 2.05) is 31.2 Å². The van der Waals surface area contributed by atoms with E-state index < -0.39 is 0 Å². The van der Waals surface area contributed by atoms with Gasteiger partial charge in [0.2, 0.25) is 5.91 Å². The molecule has 1 aliphatic rings. The van der Waals surface area contributed by atoms with E-state index in [0.29, 0.717) is 18.5 Å². The second-order valence-electron chi connectivity index (χ2n) is 7.19. The van der Waals surface area contributed by atoms with Gasteiger partial charge in [-0.1, -0.05) is 12.1 Å². The third kappa shape index (κ3) is 6.27. The molecule has 0 bridgehead atoms. The van der Waals surface area contributed by atoms with Gasteiger partial charge in [-0.2, -0.15) is 0 Å². The first-order valence-corrected chi connectivity index (χ1v) is 9.52. The zero-order valence-corrected chi connectivity index (χ0v) is 16.6. The molecule has 148 valence electrons. The van der Waals surface area contributed by atoms with Crippen molar-refractivity contribution in [3.63, 3.8) is 0 Å². The summed E-state index contributed by atoms with van der Waals surface area (Å²) in [5.74, 6) is 0.903. The Morgan fingerprint density at radius 1 is 1.30 bits per heavy atom. The van der Waals surface area contributed by atoms with Gasteiger partial charge >= 0.3 is 0 Å². The molecule has 2 amide bonds. The molecule has 0 spiro atoms. The van der Waals surface area contributed by atoms with Crippen LogP contribution in [0.25, 0.3) is 0 Å². The molecule has 1 aromatic carbocycles. The topological polar surface area (TPSA) is 91.0 Å². The summed E-state index contributed by atoms with van der Waals surface area (Å²) >= 11 is 0. The molecule has 1 atom stereocenters. The molecule has 7 heteroatoms. The van der Waals surface area contributed by atoms with E-state index in [9.17, 15) is 9.59 Å². The number of guanidine groups is 1. The first-order valence-electron chi connectivity index (χ1n) is 9.52. The highest BCUT2D eigenvalue weighted by Crippen LogP contribution is 2.19. The monoisotopic (exact) mass is 373 g/mol. The normalized spacial score (nSPS) is 17.5. The van der Waals surface area contributed by atoms with Crippen molar-refractivity contribution in [2.75, 3.05) is 33.7 Å². The number of aliphatic imine (C=N–C) groups is 1. The molecule has 0 saturated carbocycles. The number of carbonyl (C=O) groups excluding carboxylic acids is 2. The predicted octanol–water partition coefficient (Wildman–Crippen LogP) is 1.44. The summed E-state index contributed by atoms with van der Waals surface area (Å²) in [6.45, 7) is 5.09. The number of primary amides is 1. The maximum Gasteiger partial charge on any atom is 0.253 e. The van der Waals surface area contributed by atoms with Crippen molar-refractivity contribution in [3.05, 3.63) is 35.4 Å². The quantitative estimate of drug-likeness (QED) is 0.583. The number of nitrogens with two attached hydrogens (primary N) is 1. The summed E-state index contributed by atoms with van der Waals surface area (Å²) < 4.78 is 0. The van der Waals surface area contributed by atoms with Gasteiger partial charge in [0.1, 0.15) is 0 Å². The third-order valence-corrected chi connectivity index (χ3v) is 4.66. The molecule has 1 unspecified atom stereocenters. The highest BCUT2D eigenvalue weighted by Gasteiger charge is 2.23. The van der Waals surface area contributed by atoms with Crippen molar-refractivity contribution in [1.29, 1.82) is 0 Å². The van der Waals surface area contributed by atoms with E-state index in [0.717, 1.165) is 44.0 Å². The number of benzene rings is 1. The predicted molar refractivity (Wildman–Crippen MR) is 107 cm³/mol. The van der Waals surface area contributed by atoms with Crippen molar-refractivity contribution < 1.29 is 9.59 Å². The Bertz CT molecular complexity index is 669. The Labute approximate surface area is 161 Å². The van der Waals surface area contributed by atoms with Gasteiger partial charge in [0.15, 0.2) is 5.96 Å². The summed E-state index contributed by atoms with van der Waals surface area (Å²) in [5.41, 5.74) is 7.08. The minimum absolute atomic E-state index is 0.00722. The number of hydrogen-bond donors (Lipinski definition) is 2. The van der Waals surface area contributed by atoms with Crippen LogP contribution in [0.2, 0.25) is 0 Å². The van der Waals surface area contributed by atoms with Gasteiger partial charge in [-0.05, 0) is 43.4 Å². The van der Waals surface area contributed by atoms with Crippen LogP contribution in [0.3, 0.4) is 0 Å². The van der Waals surface area contributed by atoms with E-state index in [4.69, 9.17) is 10.7 Å². The van der Waals surface area contributed by atoms with Crippen LogP contribution in [0, 0.1) is 5.92 Å². The Morgan fingerprint density at radius 2 is 2.00 bits per heavy atom. The molecule has 0 aliphatic carbocycles. The molecule has 3 N–H and O–H groups in total. The summed E-state index contributed by atoms with van der Waals surface area (Å²) in [7, 11) is 3.49. The van der Waals surface area contributed by atoms with Crippen LogP contribution in [0.1, 0.15) is 42.1 Å².